The van der Waals surface area contributed by atoms with Crippen LogP contribution in [-0.4, -0.2) is 16.6 Å². The second kappa shape index (κ2) is 9.85. The molecule has 2 heterocycles. The van der Waals surface area contributed by atoms with E-state index in [4.69, 9.17) is 9.72 Å². The number of unbranched alkanes of at least 4 members (excludes halogenated alkanes) is 4. The van der Waals surface area contributed by atoms with E-state index in [1.807, 2.05) is 42.5 Å². The van der Waals surface area contributed by atoms with Gasteiger partial charge in [0, 0.05) is 11.1 Å². The molecule has 0 amide bonds. The largest absolute Gasteiger partial charge is 0.494 e. The van der Waals surface area contributed by atoms with Gasteiger partial charge in [0.25, 0.3) is 0 Å². The van der Waals surface area contributed by atoms with Crippen molar-refractivity contribution < 1.29 is 4.74 Å². The van der Waals surface area contributed by atoms with Crippen molar-refractivity contribution in [3.63, 3.8) is 0 Å². The van der Waals surface area contributed by atoms with Gasteiger partial charge in [-0.25, -0.2) is 9.97 Å². The zero-order valence-corrected chi connectivity index (χ0v) is 18.2. The number of hydrogen-bond donors (Lipinski definition) is 1. The molecule has 0 spiro atoms. The first kappa shape index (κ1) is 19.9. The number of benzene rings is 2. The van der Waals surface area contributed by atoms with Crippen LogP contribution in [0.4, 0.5) is 10.8 Å². The molecule has 2 aromatic heterocycles. The van der Waals surface area contributed by atoms with E-state index in [2.05, 4.69) is 28.7 Å². The van der Waals surface area contributed by atoms with Gasteiger partial charge in [0.15, 0.2) is 5.13 Å². The fraction of sp³-hybridized carbons (Fsp3) is 0.304. The van der Waals surface area contributed by atoms with Gasteiger partial charge < -0.3 is 10.1 Å². The summed E-state index contributed by atoms with van der Waals surface area (Å²) in [6.45, 7) is 3.02. The molecule has 4 rings (SSSR count). The molecular weight excluding hydrogens is 398 g/mol. The zero-order valence-electron chi connectivity index (χ0n) is 16.6. The van der Waals surface area contributed by atoms with E-state index >= 15 is 0 Å². The molecule has 6 heteroatoms. The van der Waals surface area contributed by atoms with Gasteiger partial charge in [0.1, 0.15) is 16.5 Å². The van der Waals surface area contributed by atoms with Crippen LogP contribution in [0.3, 0.4) is 0 Å². The molecule has 0 atom stereocenters. The highest BCUT2D eigenvalue weighted by atomic mass is 32.1. The van der Waals surface area contributed by atoms with Crippen molar-refractivity contribution in [2.24, 2.45) is 0 Å². The molecule has 29 heavy (non-hydrogen) atoms. The van der Waals surface area contributed by atoms with Crippen molar-refractivity contribution in [2.75, 3.05) is 11.9 Å². The number of fused-ring (bicyclic) bond motifs is 1. The third-order valence-electron chi connectivity index (χ3n) is 4.64. The number of hydrogen-bond acceptors (Lipinski definition) is 6. The SMILES string of the molecule is CCCCCCCOc1ccc(Nc2nc(-c3nc4ccccc4s3)cs2)cc1. The van der Waals surface area contributed by atoms with Crippen LogP contribution in [0, 0.1) is 0 Å². The van der Waals surface area contributed by atoms with Gasteiger partial charge in [-0.2, -0.15) is 0 Å². The number of aromatic nitrogens is 2. The zero-order chi connectivity index (χ0) is 19.9. The highest BCUT2D eigenvalue weighted by Crippen LogP contribution is 2.33. The number of para-hydroxylation sites is 1. The molecule has 2 aromatic carbocycles. The Hall–Kier alpha value is -2.44. The summed E-state index contributed by atoms with van der Waals surface area (Å²) in [5.41, 5.74) is 2.95. The van der Waals surface area contributed by atoms with E-state index < -0.39 is 0 Å². The summed E-state index contributed by atoms with van der Waals surface area (Å²) in [6, 6.07) is 16.3. The summed E-state index contributed by atoms with van der Waals surface area (Å²) >= 11 is 3.26. The lowest BCUT2D eigenvalue weighted by molar-refractivity contribution is 0.304. The Kier molecular flexibility index (Phi) is 6.75. The Bertz CT molecular complexity index is 1010. The van der Waals surface area contributed by atoms with Gasteiger partial charge in [-0.1, -0.05) is 44.7 Å². The Morgan fingerprint density at radius 3 is 2.59 bits per heavy atom. The highest BCUT2D eigenvalue weighted by molar-refractivity contribution is 7.22. The van der Waals surface area contributed by atoms with Gasteiger partial charge in [-0.05, 0) is 42.8 Å². The third-order valence-corrected chi connectivity index (χ3v) is 6.46. The van der Waals surface area contributed by atoms with E-state index in [0.29, 0.717) is 0 Å². The first-order valence-corrected chi connectivity index (χ1v) is 11.8. The lowest BCUT2D eigenvalue weighted by Crippen LogP contribution is -1.97. The van der Waals surface area contributed by atoms with Crippen molar-refractivity contribution in [1.82, 2.24) is 9.97 Å². The monoisotopic (exact) mass is 423 g/mol. The molecule has 4 nitrogen and oxygen atoms in total. The molecule has 0 unspecified atom stereocenters. The molecule has 150 valence electrons. The second-order valence-corrected chi connectivity index (χ2v) is 8.83. The molecule has 0 aliphatic rings. The molecule has 1 N–H and O–H groups in total. The number of thiazole rings is 2. The summed E-state index contributed by atoms with van der Waals surface area (Å²) in [4.78, 5) is 9.39. The average Bonchev–Trinajstić information content (AvgIpc) is 3.38. The van der Waals surface area contributed by atoms with Gasteiger partial charge >= 0.3 is 0 Å². The fourth-order valence-electron chi connectivity index (χ4n) is 3.06. The van der Waals surface area contributed by atoms with Crippen molar-refractivity contribution in [3.05, 3.63) is 53.9 Å². The predicted molar refractivity (Wildman–Crippen MR) is 125 cm³/mol. The first-order chi connectivity index (χ1) is 14.3. The smallest absolute Gasteiger partial charge is 0.187 e. The summed E-state index contributed by atoms with van der Waals surface area (Å²) < 4.78 is 7.02. The van der Waals surface area contributed by atoms with Gasteiger partial charge in [-0.15, -0.1) is 22.7 Å². The van der Waals surface area contributed by atoms with Crippen LogP contribution in [0.5, 0.6) is 5.75 Å². The molecule has 0 saturated carbocycles. The maximum atomic E-state index is 5.83. The van der Waals surface area contributed by atoms with Crippen molar-refractivity contribution in [3.8, 4) is 16.5 Å². The molecule has 0 aliphatic heterocycles. The Labute approximate surface area is 179 Å². The van der Waals surface area contributed by atoms with Crippen molar-refractivity contribution in [2.45, 2.75) is 39.0 Å². The third kappa shape index (κ3) is 5.34. The van der Waals surface area contributed by atoms with Crippen LogP contribution in [0.2, 0.25) is 0 Å². The lowest BCUT2D eigenvalue weighted by atomic mass is 10.2. The number of nitrogens with zero attached hydrogens (tertiary/aromatic N) is 2. The standard InChI is InChI=1S/C23H25N3OS2/c1-2-3-4-5-8-15-27-18-13-11-17(12-14-18)24-23-26-20(16-28-23)22-25-19-9-6-7-10-21(19)29-22/h6-7,9-14,16H,2-5,8,15H2,1H3,(H,24,26). The minimum Gasteiger partial charge on any atom is -0.494 e. The van der Waals surface area contributed by atoms with E-state index in [9.17, 15) is 0 Å². The molecule has 0 radical (unpaired) electrons. The molecule has 4 aromatic rings. The summed E-state index contributed by atoms with van der Waals surface area (Å²) in [6.07, 6.45) is 6.26. The summed E-state index contributed by atoms with van der Waals surface area (Å²) in [7, 11) is 0. The van der Waals surface area contributed by atoms with E-state index in [1.165, 1.54) is 30.4 Å². The van der Waals surface area contributed by atoms with Crippen LogP contribution in [0.25, 0.3) is 20.9 Å². The molecule has 0 bridgehead atoms. The fourth-order valence-corrected chi connectivity index (χ4v) is 4.78. The second-order valence-electron chi connectivity index (χ2n) is 6.94. The lowest BCUT2D eigenvalue weighted by Gasteiger charge is -2.07. The highest BCUT2D eigenvalue weighted by Gasteiger charge is 2.10. The number of anilines is 2. The van der Waals surface area contributed by atoms with Crippen LogP contribution in [0.15, 0.2) is 53.9 Å². The van der Waals surface area contributed by atoms with Crippen LogP contribution in [0.1, 0.15) is 39.0 Å². The van der Waals surface area contributed by atoms with Crippen LogP contribution < -0.4 is 10.1 Å². The molecular formula is C23H25N3OS2. The van der Waals surface area contributed by atoms with Gasteiger partial charge in [-0.3, -0.25) is 0 Å². The predicted octanol–water partition coefficient (Wildman–Crippen LogP) is 7.51. The quantitative estimate of drug-likeness (QED) is 0.268. The summed E-state index contributed by atoms with van der Waals surface area (Å²) in [5, 5.41) is 7.25. The van der Waals surface area contributed by atoms with Crippen LogP contribution in [-0.2, 0) is 0 Å². The Morgan fingerprint density at radius 2 is 1.76 bits per heavy atom. The first-order valence-electron chi connectivity index (χ1n) is 10.1. The molecule has 0 aliphatic carbocycles. The van der Waals surface area contributed by atoms with Crippen molar-refractivity contribution >= 4 is 43.7 Å². The Morgan fingerprint density at radius 1 is 0.931 bits per heavy atom. The topological polar surface area (TPSA) is 47.0 Å². The maximum absolute atomic E-state index is 5.83. The molecule has 0 fully saturated rings. The minimum absolute atomic E-state index is 0.786. The van der Waals surface area contributed by atoms with Crippen LogP contribution >= 0.6 is 22.7 Å². The van der Waals surface area contributed by atoms with E-state index in [-0.39, 0.29) is 0 Å². The minimum atomic E-state index is 0.786. The maximum Gasteiger partial charge on any atom is 0.187 e. The van der Waals surface area contributed by atoms with Gasteiger partial charge in [0.2, 0.25) is 0 Å². The van der Waals surface area contributed by atoms with Gasteiger partial charge in [0.05, 0.1) is 16.8 Å². The van der Waals surface area contributed by atoms with Crippen molar-refractivity contribution in [1.29, 1.82) is 0 Å². The van der Waals surface area contributed by atoms with E-state index in [0.717, 1.165) is 45.8 Å². The normalized spacial score (nSPS) is 11.1. The van der Waals surface area contributed by atoms with E-state index in [1.54, 1.807) is 22.7 Å². The number of nitrogens with one attached hydrogen (secondary N) is 1. The summed E-state index contributed by atoms with van der Waals surface area (Å²) in [5.74, 6) is 0.917. The molecule has 0 saturated heterocycles. The Balaban J connectivity index is 1.31. The number of rotatable bonds is 10. The number of ether oxygens (including phenoxy) is 1. The average molecular weight is 424 g/mol.